The van der Waals surface area contributed by atoms with Gasteiger partial charge in [0.25, 0.3) is 0 Å². The Morgan fingerprint density at radius 3 is 2.47 bits per heavy atom. The summed E-state index contributed by atoms with van der Waals surface area (Å²) >= 11 is 0. The van der Waals surface area contributed by atoms with Gasteiger partial charge in [-0.3, -0.25) is 0 Å². The van der Waals surface area contributed by atoms with Crippen LogP contribution in [-0.2, 0) is 23.8 Å². The molecule has 1 aliphatic heterocycles. The minimum Gasteiger partial charge on any atom is -0.721 e. The van der Waals surface area contributed by atoms with Crippen molar-refractivity contribution in [3.05, 3.63) is 0 Å². The lowest BCUT2D eigenvalue weighted by atomic mass is 10.0. The maximum absolute atomic E-state index is 10.3. The van der Waals surface area contributed by atoms with Crippen molar-refractivity contribution in [3.8, 4) is 0 Å². The summed E-state index contributed by atoms with van der Waals surface area (Å²) in [5.74, 6) is 0. The average molecular weight is 221 g/mol. The molecule has 0 unspecified atom stereocenters. The molecule has 0 radical (unpaired) electrons. The third-order valence-corrected chi connectivity index (χ3v) is 2.50. The summed E-state index contributed by atoms with van der Waals surface area (Å²) in [6.07, 6.45) is -1.26. The molecule has 0 aliphatic carbocycles. The van der Waals surface area contributed by atoms with Crippen LogP contribution >= 0.6 is 0 Å². The number of rotatable bonds is 5. The first-order valence-electron chi connectivity index (χ1n) is 4.75. The molecule has 4 atom stereocenters. The van der Waals surface area contributed by atoms with Crippen LogP contribution in [0.3, 0.4) is 0 Å². The van der Waals surface area contributed by atoms with Gasteiger partial charge in [-0.15, -0.1) is 0 Å². The molecule has 1 aliphatic rings. The van der Waals surface area contributed by atoms with Gasteiger partial charge in [-0.05, 0) is 0 Å². The van der Waals surface area contributed by atoms with Gasteiger partial charge < -0.3 is 29.1 Å². The van der Waals surface area contributed by atoms with E-state index in [0.717, 1.165) is 0 Å². The highest BCUT2D eigenvalue weighted by molar-refractivity contribution is 4.84. The summed E-state index contributed by atoms with van der Waals surface area (Å²) in [5, 5.41) is 10.3. The van der Waals surface area contributed by atoms with Crippen LogP contribution in [0.25, 0.3) is 0 Å². The third kappa shape index (κ3) is 3.10. The van der Waals surface area contributed by atoms with Crippen molar-refractivity contribution in [3.63, 3.8) is 0 Å². The van der Waals surface area contributed by atoms with E-state index in [-0.39, 0.29) is 18.3 Å². The predicted octanol–water partition coefficient (Wildman–Crippen LogP) is -0.930. The Hall–Kier alpha value is -0.240. The maximum Gasteiger partial charge on any atom is 0.151 e. The molecule has 0 saturated carbocycles. The second-order valence-corrected chi connectivity index (χ2v) is 3.37. The van der Waals surface area contributed by atoms with Crippen LogP contribution in [-0.4, -0.2) is 52.5 Å². The highest BCUT2D eigenvalue weighted by Gasteiger charge is 2.38. The fourth-order valence-electron chi connectivity index (χ4n) is 1.79. The van der Waals surface area contributed by atoms with Crippen molar-refractivity contribution in [2.24, 2.45) is 0 Å². The molecule has 15 heavy (non-hydrogen) atoms. The van der Waals surface area contributed by atoms with E-state index < -0.39 is 6.29 Å². The molecule has 1 heterocycles. The van der Waals surface area contributed by atoms with Gasteiger partial charge in [0.05, 0.1) is 12.7 Å². The molecule has 1 fully saturated rings. The van der Waals surface area contributed by atoms with Crippen LogP contribution in [0.4, 0.5) is 0 Å². The second-order valence-electron chi connectivity index (χ2n) is 3.37. The molecule has 1 saturated heterocycles. The van der Waals surface area contributed by atoms with E-state index in [9.17, 15) is 5.26 Å². The first kappa shape index (κ1) is 12.8. The smallest absolute Gasteiger partial charge is 0.151 e. The molecule has 6 heteroatoms. The van der Waals surface area contributed by atoms with Gasteiger partial charge in [-0.25, -0.2) is 0 Å². The third-order valence-electron chi connectivity index (χ3n) is 2.50. The molecule has 0 aromatic heterocycles. The number of hydrogen-bond acceptors (Lipinski definition) is 6. The predicted molar refractivity (Wildman–Crippen MR) is 47.8 cm³/mol. The highest BCUT2D eigenvalue weighted by Crippen LogP contribution is 2.24. The normalized spacial score (nSPS) is 36.8. The van der Waals surface area contributed by atoms with Crippen LogP contribution in [0, 0.1) is 0 Å². The lowest BCUT2D eigenvalue weighted by molar-refractivity contribution is -0.722. The molecule has 0 N–H and O–H groups in total. The van der Waals surface area contributed by atoms with Gasteiger partial charge in [0, 0.05) is 27.8 Å². The van der Waals surface area contributed by atoms with Gasteiger partial charge in [0.1, 0.15) is 12.2 Å². The molecule has 0 amide bonds. The van der Waals surface area contributed by atoms with Crippen molar-refractivity contribution in [1.29, 1.82) is 0 Å². The summed E-state index contributed by atoms with van der Waals surface area (Å²) in [6.45, 7) is 0.332. The zero-order valence-electron chi connectivity index (χ0n) is 9.17. The average Bonchev–Trinajstić information content (AvgIpc) is 2.28. The van der Waals surface area contributed by atoms with Gasteiger partial charge in [0.15, 0.2) is 6.29 Å². The minimum atomic E-state index is -0.804. The molecular formula is C9H17O6-. The zero-order chi connectivity index (χ0) is 11.3. The summed E-state index contributed by atoms with van der Waals surface area (Å²) < 4.78 is 20.8. The second kappa shape index (κ2) is 6.37. The Bertz CT molecular complexity index is 176. The Morgan fingerprint density at radius 1 is 1.27 bits per heavy atom. The lowest BCUT2D eigenvalue weighted by Gasteiger charge is -2.40. The van der Waals surface area contributed by atoms with Gasteiger partial charge >= 0.3 is 0 Å². The summed E-state index contributed by atoms with van der Waals surface area (Å²) in [7, 11) is 4.69. The molecule has 0 aromatic rings. The van der Waals surface area contributed by atoms with Crippen molar-refractivity contribution in [1.82, 2.24) is 0 Å². The monoisotopic (exact) mass is 221 g/mol. The first-order chi connectivity index (χ1) is 7.26. The van der Waals surface area contributed by atoms with E-state index in [2.05, 4.69) is 4.89 Å². The summed E-state index contributed by atoms with van der Waals surface area (Å²) in [5.41, 5.74) is 0. The van der Waals surface area contributed by atoms with Crippen molar-refractivity contribution in [2.75, 3.05) is 27.9 Å². The number of ether oxygens (including phenoxy) is 4. The van der Waals surface area contributed by atoms with E-state index in [4.69, 9.17) is 18.9 Å². The quantitative estimate of drug-likeness (QED) is 0.441. The van der Waals surface area contributed by atoms with Gasteiger partial charge in [-0.1, -0.05) is 0 Å². The molecule has 6 nitrogen and oxygen atoms in total. The first-order valence-corrected chi connectivity index (χ1v) is 4.75. The topological polar surface area (TPSA) is 69.2 Å². The van der Waals surface area contributed by atoms with Gasteiger partial charge in [-0.2, -0.15) is 0 Å². The highest BCUT2D eigenvalue weighted by atomic mass is 17.1. The SMILES string of the molecule is COC[C@@H]1O[C@H](O[O-])C[C@@H](OC)[C@H]1OC. The van der Waals surface area contributed by atoms with E-state index in [1.165, 1.54) is 0 Å². The van der Waals surface area contributed by atoms with Gasteiger partial charge in [0.2, 0.25) is 0 Å². The van der Waals surface area contributed by atoms with Crippen molar-refractivity contribution < 1.29 is 29.1 Å². The maximum atomic E-state index is 10.3. The summed E-state index contributed by atoms with van der Waals surface area (Å²) in [4.78, 5) is 3.93. The fraction of sp³-hybridized carbons (Fsp3) is 1.00. The van der Waals surface area contributed by atoms with Crippen LogP contribution in [0.5, 0.6) is 0 Å². The van der Waals surface area contributed by atoms with Crippen LogP contribution < -0.4 is 5.26 Å². The number of hydrogen-bond donors (Lipinski definition) is 0. The molecule has 90 valence electrons. The molecule has 0 spiro atoms. The largest absolute Gasteiger partial charge is 0.721 e. The number of methoxy groups -OCH3 is 3. The van der Waals surface area contributed by atoms with E-state index in [1.54, 1.807) is 21.3 Å². The molecule has 0 aromatic carbocycles. The van der Waals surface area contributed by atoms with Crippen LogP contribution in [0.15, 0.2) is 0 Å². The van der Waals surface area contributed by atoms with E-state index in [1.807, 2.05) is 0 Å². The summed E-state index contributed by atoms with van der Waals surface area (Å²) in [6, 6.07) is 0. The molecule has 0 bridgehead atoms. The van der Waals surface area contributed by atoms with E-state index >= 15 is 0 Å². The Balaban J connectivity index is 2.63. The van der Waals surface area contributed by atoms with Crippen LogP contribution in [0.2, 0.25) is 0 Å². The standard InChI is InChI=1S/C9H18O6/c1-11-5-7-9(13-3)6(12-2)4-8(14-7)15-10/h6-10H,4-5H2,1-3H3/p-1/t6-,7+,8-,9-/m1/s1. The zero-order valence-corrected chi connectivity index (χ0v) is 9.17. The fourth-order valence-corrected chi connectivity index (χ4v) is 1.79. The van der Waals surface area contributed by atoms with E-state index in [0.29, 0.717) is 13.0 Å². The minimum absolute atomic E-state index is 0.220. The Kier molecular flexibility index (Phi) is 5.44. The van der Waals surface area contributed by atoms with Crippen molar-refractivity contribution in [2.45, 2.75) is 31.0 Å². The molecular weight excluding hydrogens is 204 g/mol. The Morgan fingerprint density at radius 2 is 2.00 bits per heavy atom. The molecule has 1 rings (SSSR count). The van der Waals surface area contributed by atoms with Crippen LogP contribution in [0.1, 0.15) is 6.42 Å². The lowest BCUT2D eigenvalue weighted by Crippen LogP contribution is -2.53. The van der Waals surface area contributed by atoms with Crippen molar-refractivity contribution >= 4 is 0 Å². The Labute approximate surface area is 88.9 Å².